The molecule has 13 rings (SSSR count). The molecule has 4 heterocycles. The molecule has 0 unspecified atom stereocenters. The van der Waals surface area contributed by atoms with Crippen LogP contribution in [-0.4, -0.2) is 39.0 Å². The van der Waals surface area contributed by atoms with Gasteiger partial charge in [-0.05, 0) is 53.6 Å². The Labute approximate surface area is 391 Å². The topological polar surface area (TPSA) is 87.2 Å². The molecule has 0 saturated carbocycles. The van der Waals surface area contributed by atoms with E-state index in [1.165, 1.54) is 21.9 Å². The fraction of sp³-hybridized carbons (Fsp3) is 0. The predicted molar refractivity (Wildman–Crippen MR) is 275 cm³/mol. The van der Waals surface area contributed by atoms with Crippen molar-refractivity contribution in [3.8, 4) is 79.7 Å². The van der Waals surface area contributed by atoms with E-state index >= 15 is 0 Å². The number of nitrogens with zero attached hydrogens (tertiary/aromatic N) is 8. The first-order valence-electron chi connectivity index (χ1n) is 22.6. The van der Waals surface area contributed by atoms with Crippen molar-refractivity contribution in [3.05, 3.63) is 231 Å². The molecule has 0 spiro atoms. The maximum absolute atomic E-state index is 5.35. The van der Waals surface area contributed by atoms with E-state index in [9.17, 15) is 0 Å². The summed E-state index contributed by atoms with van der Waals surface area (Å²) in [4.78, 5) is 30.8. The van der Waals surface area contributed by atoms with Gasteiger partial charge in [-0.3, -0.25) is 4.57 Å². The van der Waals surface area contributed by atoms with E-state index in [1.807, 2.05) is 109 Å². The molecular formula is C60H38N8. The Morgan fingerprint density at radius 3 is 1.13 bits per heavy atom. The minimum Gasteiger partial charge on any atom is -0.309 e. The molecule has 0 N–H and O–H groups in total. The van der Waals surface area contributed by atoms with Crippen molar-refractivity contribution in [1.82, 2.24) is 39.0 Å². The third kappa shape index (κ3) is 6.70. The van der Waals surface area contributed by atoms with Gasteiger partial charge in [0.2, 0.25) is 5.95 Å². The van der Waals surface area contributed by atoms with Crippen LogP contribution in [0.2, 0.25) is 0 Å². The SMILES string of the molecule is c1ccc(-c2cccc(-n3c4ccccc4c4c5c6ccccc6n(-c6nc(-c7ccccc7)nc(-c7cccc(-c8nc(-c9ccccc9)nc(-c9ccccc9)n8)c7)n6)c5ccc43)c2)cc1. The number of hydrogen-bond donors (Lipinski definition) is 0. The average molecular weight is 871 g/mol. The van der Waals surface area contributed by atoms with Crippen LogP contribution in [0.25, 0.3) is 123 Å². The first-order chi connectivity index (χ1) is 33.7. The number of para-hydroxylation sites is 2. The van der Waals surface area contributed by atoms with Crippen molar-refractivity contribution < 1.29 is 0 Å². The van der Waals surface area contributed by atoms with Crippen molar-refractivity contribution >= 4 is 43.6 Å². The molecule has 0 aliphatic heterocycles. The van der Waals surface area contributed by atoms with E-state index in [0.717, 1.165) is 66.3 Å². The average Bonchev–Trinajstić information content (AvgIpc) is 3.95. The van der Waals surface area contributed by atoms with Gasteiger partial charge in [-0.2, -0.15) is 9.97 Å². The fourth-order valence-corrected chi connectivity index (χ4v) is 9.51. The van der Waals surface area contributed by atoms with Gasteiger partial charge in [0.15, 0.2) is 29.1 Å². The first kappa shape index (κ1) is 39.0. The molecule has 0 saturated heterocycles. The lowest BCUT2D eigenvalue weighted by Gasteiger charge is -2.12. The minimum atomic E-state index is 0.516. The third-order valence-electron chi connectivity index (χ3n) is 12.6. The summed E-state index contributed by atoms with van der Waals surface area (Å²) in [6.45, 7) is 0. The Morgan fingerprint density at radius 1 is 0.235 bits per heavy atom. The lowest BCUT2D eigenvalue weighted by atomic mass is 10.0. The third-order valence-corrected chi connectivity index (χ3v) is 12.6. The molecule has 8 heteroatoms. The van der Waals surface area contributed by atoms with Crippen molar-refractivity contribution in [2.24, 2.45) is 0 Å². The molecule has 13 aromatic rings. The molecule has 9 aromatic carbocycles. The molecule has 0 fully saturated rings. The second-order valence-electron chi connectivity index (χ2n) is 16.7. The highest BCUT2D eigenvalue weighted by Crippen LogP contribution is 2.42. The van der Waals surface area contributed by atoms with Crippen molar-refractivity contribution in [2.45, 2.75) is 0 Å². The highest BCUT2D eigenvalue weighted by atomic mass is 15.2. The molecule has 318 valence electrons. The van der Waals surface area contributed by atoms with Crippen LogP contribution >= 0.6 is 0 Å². The van der Waals surface area contributed by atoms with Gasteiger partial charge in [-0.1, -0.05) is 188 Å². The van der Waals surface area contributed by atoms with Gasteiger partial charge < -0.3 is 4.57 Å². The summed E-state index contributed by atoms with van der Waals surface area (Å²) in [5, 5.41) is 4.59. The van der Waals surface area contributed by atoms with Gasteiger partial charge in [0.25, 0.3) is 0 Å². The van der Waals surface area contributed by atoms with Crippen LogP contribution in [0, 0.1) is 0 Å². The van der Waals surface area contributed by atoms with Crippen molar-refractivity contribution in [2.75, 3.05) is 0 Å². The normalized spacial score (nSPS) is 11.5. The zero-order valence-electron chi connectivity index (χ0n) is 36.5. The van der Waals surface area contributed by atoms with E-state index in [-0.39, 0.29) is 0 Å². The highest BCUT2D eigenvalue weighted by molar-refractivity contribution is 6.28. The smallest absolute Gasteiger partial charge is 0.238 e. The van der Waals surface area contributed by atoms with E-state index in [4.69, 9.17) is 29.9 Å². The number of rotatable bonds is 8. The van der Waals surface area contributed by atoms with Gasteiger partial charge in [0, 0.05) is 55.0 Å². The Kier molecular flexibility index (Phi) is 9.31. The molecule has 8 nitrogen and oxygen atoms in total. The summed E-state index contributed by atoms with van der Waals surface area (Å²) in [6, 6.07) is 79.4. The molecule has 0 radical (unpaired) electrons. The predicted octanol–water partition coefficient (Wildman–Crippen LogP) is 14.3. The van der Waals surface area contributed by atoms with Crippen LogP contribution in [0.15, 0.2) is 231 Å². The van der Waals surface area contributed by atoms with E-state index in [1.54, 1.807) is 0 Å². The summed E-state index contributed by atoms with van der Waals surface area (Å²) in [7, 11) is 0. The van der Waals surface area contributed by atoms with E-state index < -0.39 is 0 Å². The van der Waals surface area contributed by atoms with Crippen LogP contribution in [-0.2, 0) is 0 Å². The van der Waals surface area contributed by atoms with Crippen molar-refractivity contribution in [3.63, 3.8) is 0 Å². The molecule has 0 bridgehead atoms. The molecule has 0 amide bonds. The number of hydrogen-bond acceptors (Lipinski definition) is 6. The molecule has 0 atom stereocenters. The molecule has 4 aromatic heterocycles. The molecule has 0 aliphatic carbocycles. The second-order valence-corrected chi connectivity index (χ2v) is 16.7. The quantitative estimate of drug-likeness (QED) is 0.151. The van der Waals surface area contributed by atoms with Crippen LogP contribution in [0.5, 0.6) is 0 Å². The van der Waals surface area contributed by atoms with Gasteiger partial charge in [0.1, 0.15) is 0 Å². The number of aromatic nitrogens is 8. The lowest BCUT2D eigenvalue weighted by molar-refractivity contribution is 0.953. The largest absolute Gasteiger partial charge is 0.309 e. The number of benzene rings is 9. The van der Waals surface area contributed by atoms with E-state index in [2.05, 4.69) is 130 Å². The Hall–Kier alpha value is -9.40. The zero-order chi connectivity index (χ0) is 45.0. The monoisotopic (exact) mass is 870 g/mol. The lowest BCUT2D eigenvalue weighted by Crippen LogP contribution is -2.06. The number of fused-ring (bicyclic) bond motifs is 7. The second kappa shape index (κ2) is 16.2. The maximum Gasteiger partial charge on any atom is 0.238 e. The van der Waals surface area contributed by atoms with Crippen LogP contribution in [0.3, 0.4) is 0 Å². The minimum absolute atomic E-state index is 0.516. The van der Waals surface area contributed by atoms with Crippen LogP contribution < -0.4 is 0 Å². The van der Waals surface area contributed by atoms with Gasteiger partial charge in [-0.25, -0.2) is 19.9 Å². The summed E-state index contributed by atoms with van der Waals surface area (Å²) >= 11 is 0. The van der Waals surface area contributed by atoms with Gasteiger partial charge in [-0.15, -0.1) is 0 Å². The summed E-state index contributed by atoms with van der Waals surface area (Å²) in [5.41, 5.74) is 12.0. The zero-order valence-corrected chi connectivity index (χ0v) is 36.5. The molecular weight excluding hydrogens is 833 g/mol. The fourth-order valence-electron chi connectivity index (χ4n) is 9.51. The van der Waals surface area contributed by atoms with Crippen LogP contribution in [0.4, 0.5) is 0 Å². The first-order valence-corrected chi connectivity index (χ1v) is 22.6. The summed E-state index contributed by atoms with van der Waals surface area (Å²) in [6.07, 6.45) is 0. The highest BCUT2D eigenvalue weighted by Gasteiger charge is 2.23. The molecule has 68 heavy (non-hydrogen) atoms. The summed E-state index contributed by atoms with van der Waals surface area (Å²) < 4.78 is 4.58. The molecule has 0 aliphatic rings. The van der Waals surface area contributed by atoms with Gasteiger partial charge in [0.05, 0.1) is 22.1 Å². The Morgan fingerprint density at radius 2 is 0.603 bits per heavy atom. The maximum atomic E-state index is 5.35. The standard InChI is InChI=1S/C60H38N8/c1-5-19-39(20-6-1)43-27-18-30-46(38-43)67-49-33-15-13-31-47(49)53-51(67)35-36-52-54(53)48-32-14-16-34-50(48)68(52)60-65-57(42-25-11-4-12-26-42)64-59(66-60)45-29-17-28-44(37-45)58-62-55(40-21-7-2-8-22-40)61-56(63-58)41-23-9-3-10-24-41/h1-38H. The Bertz CT molecular complexity index is 3960. The summed E-state index contributed by atoms with van der Waals surface area (Å²) in [5.74, 6) is 3.35. The van der Waals surface area contributed by atoms with Crippen molar-refractivity contribution in [1.29, 1.82) is 0 Å². The van der Waals surface area contributed by atoms with Gasteiger partial charge >= 0.3 is 0 Å². The van der Waals surface area contributed by atoms with Crippen LogP contribution in [0.1, 0.15) is 0 Å². The Balaban J connectivity index is 1.01. The van der Waals surface area contributed by atoms with E-state index in [0.29, 0.717) is 35.1 Å².